The van der Waals surface area contributed by atoms with Crippen molar-refractivity contribution >= 4 is 12.2 Å². The third kappa shape index (κ3) is 6.08. The van der Waals surface area contributed by atoms with Gasteiger partial charge in [-0.2, -0.15) is 5.10 Å². The highest BCUT2D eigenvalue weighted by molar-refractivity contribution is 5.67. The molecular weight excluding hydrogens is 242 g/mol. The lowest BCUT2D eigenvalue weighted by molar-refractivity contribution is 0.0529. The molecule has 0 radical (unpaired) electrons. The Morgan fingerprint density at radius 3 is 2.74 bits per heavy atom. The third-order valence-corrected chi connectivity index (χ3v) is 2.33. The molecule has 19 heavy (non-hydrogen) atoms. The Hall–Kier alpha value is -1.78. The van der Waals surface area contributed by atoms with Gasteiger partial charge in [-0.1, -0.05) is 12.2 Å². The fourth-order valence-corrected chi connectivity index (χ4v) is 1.56. The van der Waals surface area contributed by atoms with Crippen LogP contribution in [-0.2, 0) is 11.8 Å². The van der Waals surface area contributed by atoms with Gasteiger partial charge in [-0.15, -0.1) is 0 Å². The van der Waals surface area contributed by atoms with Crippen LogP contribution in [0.4, 0.5) is 4.79 Å². The van der Waals surface area contributed by atoms with Crippen molar-refractivity contribution in [2.75, 3.05) is 6.54 Å². The molecule has 0 spiro atoms. The highest BCUT2D eigenvalue weighted by Gasteiger charge is 2.15. The van der Waals surface area contributed by atoms with Gasteiger partial charge in [-0.3, -0.25) is 4.68 Å². The van der Waals surface area contributed by atoms with Crippen molar-refractivity contribution in [3.8, 4) is 0 Å². The van der Waals surface area contributed by atoms with Gasteiger partial charge in [0.2, 0.25) is 0 Å². The molecule has 1 N–H and O–H groups in total. The van der Waals surface area contributed by atoms with Gasteiger partial charge in [-0.05, 0) is 34.1 Å². The van der Waals surface area contributed by atoms with Crippen molar-refractivity contribution in [1.29, 1.82) is 0 Å². The molecule has 0 aliphatic heterocycles. The highest BCUT2D eigenvalue weighted by Crippen LogP contribution is 2.08. The van der Waals surface area contributed by atoms with E-state index in [2.05, 4.69) is 10.4 Å². The monoisotopic (exact) mass is 265 g/mol. The van der Waals surface area contributed by atoms with E-state index in [0.717, 1.165) is 17.7 Å². The maximum Gasteiger partial charge on any atom is 0.407 e. The molecule has 0 fully saturated rings. The van der Waals surface area contributed by atoms with Gasteiger partial charge < -0.3 is 10.1 Å². The zero-order chi connectivity index (χ0) is 14.5. The van der Waals surface area contributed by atoms with Crippen LogP contribution in [0, 0.1) is 6.92 Å². The normalized spacial score (nSPS) is 11.8. The van der Waals surface area contributed by atoms with Crippen molar-refractivity contribution in [2.45, 2.75) is 39.7 Å². The number of rotatable bonds is 4. The highest BCUT2D eigenvalue weighted by atomic mass is 16.6. The molecule has 0 aromatic carbocycles. The zero-order valence-electron chi connectivity index (χ0n) is 12.4. The Morgan fingerprint density at radius 2 is 2.21 bits per heavy atom. The van der Waals surface area contributed by atoms with Crippen LogP contribution in [0.3, 0.4) is 0 Å². The van der Waals surface area contributed by atoms with E-state index in [9.17, 15) is 4.79 Å². The van der Waals surface area contributed by atoms with Crippen LogP contribution >= 0.6 is 0 Å². The van der Waals surface area contributed by atoms with Crippen molar-refractivity contribution in [1.82, 2.24) is 15.1 Å². The summed E-state index contributed by atoms with van der Waals surface area (Å²) in [4.78, 5) is 11.4. The van der Waals surface area contributed by atoms with Crippen molar-refractivity contribution in [3.05, 3.63) is 23.5 Å². The van der Waals surface area contributed by atoms with Crippen LogP contribution in [0.5, 0.6) is 0 Å². The summed E-state index contributed by atoms with van der Waals surface area (Å²) >= 11 is 0. The van der Waals surface area contributed by atoms with E-state index in [1.165, 1.54) is 0 Å². The van der Waals surface area contributed by atoms with Gasteiger partial charge >= 0.3 is 6.09 Å². The predicted octanol–water partition coefficient (Wildman–Crippen LogP) is 2.66. The van der Waals surface area contributed by atoms with Crippen LogP contribution in [0.15, 0.2) is 12.3 Å². The first-order valence-electron chi connectivity index (χ1n) is 6.41. The Morgan fingerprint density at radius 1 is 1.53 bits per heavy atom. The molecular formula is C14H23N3O2. The average Bonchev–Trinajstić information content (AvgIpc) is 2.54. The number of aryl methyl sites for hydroxylation is 2. The molecule has 1 rings (SSSR count). The number of nitrogens with zero attached hydrogens (tertiary/aromatic N) is 2. The first-order chi connectivity index (χ1) is 8.78. The Bertz CT molecular complexity index is 456. The fourth-order valence-electron chi connectivity index (χ4n) is 1.56. The van der Waals surface area contributed by atoms with E-state index in [1.807, 2.05) is 53.1 Å². The van der Waals surface area contributed by atoms with Crippen LogP contribution < -0.4 is 5.32 Å². The quantitative estimate of drug-likeness (QED) is 0.851. The second kappa shape index (κ2) is 6.41. The summed E-state index contributed by atoms with van der Waals surface area (Å²) in [7, 11) is 1.90. The van der Waals surface area contributed by atoms with E-state index < -0.39 is 5.60 Å². The minimum absolute atomic E-state index is 0.376. The molecule has 0 unspecified atom stereocenters. The lowest BCUT2D eigenvalue weighted by Gasteiger charge is -2.19. The molecule has 0 aliphatic carbocycles. The fraction of sp³-hybridized carbons (Fsp3) is 0.571. The summed E-state index contributed by atoms with van der Waals surface area (Å²) in [6, 6.07) is 0. The smallest absolute Gasteiger partial charge is 0.407 e. The maximum absolute atomic E-state index is 11.4. The topological polar surface area (TPSA) is 56.2 Å². The summed E-state index contributed by atoms with van der Waals surface area (Å²) in [6.07, 6.45) is 6.37. The number of hydrogen-bond acceptors (Lipinski definition) is 3. The van der Waals surface area contributed by atoms with E-state index in [1.54, 1.807) is 4.68 Å². The molecule has 0 saturated carbocycles. The number of alkyl carbamates (subject to hydrolysis) is 1. The molecule has 5 heteroatoms. The summed E-state index contributed by atoms with van der Waals surface area (Å²) in [6.45, 7) is 8.07. The standard InChI is InChI=1S/C14H23N3O2/c1-11-12(10-17(5)16-11)8-6-7-9-15-13(18)19-14(2,3)4/h6,8,10H,7,9H2,1-5H3,(H,15,18). The second-order valence-electron chi connectivity index (χ2n) is 5.46. The van der Waals surface area contributed by atoms with Gasteiger partial charge in [0, 0.05) is 25.4 Å². The van der Waals surface area contributed by atoms with Gasteiger partial charge in [0.15, 0.2) is 0 Å². The van der Waals surface area contributed by atoms with Crippen LogP contribution in [0.2, 0.25) is 0 Å². The number of ether oxygens (including phenoxy) is 1. The first-order valence-corrected chi connectivity index (χ1v) is 6.41. The molecule has 1 heterocycles. The molecule has 0 saturated heterocycles. The molecule has 1 aromatic heterocycles. The number of carbonyl (C=O) groups is 1. The summed E-state index contributed by atoms with van der Waals surface area (Å²) in [5, 5.41) is 6.97. The largest absolute Gasteiger partial charge is 0.444 e. The van der Waals surface area contributed by atoms with Crippen LogP contribution in [0.1, 0.15) is 38.4 Å². The van der Waals surface area contributed by atoms with Crippen molar-refractivity contribution < 1.29 is 9.53 Å². The van der Waals surface area contributed by atoms with Crippen LogP contribution in [0.25, 0.3) is 6.08 Å². The number of carbonyl (C=O) groups excluding carboxylic acids is 1. The zero-order valence-corrected chi connectivity index (χ0v) is 12.4. The lowest BCUT2D eigenvalue weighted by atomic mass is 10.2. The summed E-state index contributed by atoms with van der Waals surface area (Å²) in [5.41, 5.74) is 1.64. The molecule has 5 nitrogen and oxygen atoms in total. The maximum atomic E-state index is 11.4. The first kappa shape index (κ1) is 15.3. The summed E-state index contributed by atoms with van der Waals surface area (Å²) < 4.78 is 6.92. The second-order valence-corrected chi connectivity index (χ2v) is 5.46. The van der Waals surface area contributed by atoms with Crippen LogP contribution in [-0.4, -0.2) is 28.0 Å². The molecule has 0 atom stereocenters. The number of hydrogen-bond donors (Lipinski definition) is 1. The number of aromatic nitrogens is 2. The van der Waals surface area contributed by atoms with Gasteiger partial charge in [-0.25, -0.2) is 4.79 Å². The molecule has 1 aromatic rings. The van der Waals surface area contributed by atoms with Crippen molar-refractivity contribution in [2.24, 2.45) is 7.05 Å². The molecule has 1 amide bonds. The van der Waals surface area contributed by atoms with E-state index in [-0.39, 0.29) is 6.09 Å². The van der Waals surface area contributed by atoms with Crippen molar-refractivity contribution in [3.63, 3.8) is 0 Å². The molecule has 106 valence electrons. The molecule has 0 bridgehead atoms. The average molecular weight is 265 g/mol. The third-order valence-electron chi connectivity index (χ3n) is 2.33. The van der Waals surface area contributed by atoms with Gasteiger partial charge in [0.05, 0.1) is 5.69 Å². The predicted molar refractivity (Wildman–Crippen MR) is 75.8 cm³/mol. The van der Waals surface area contributed by atoms with E-state index >= 15 is 0 Å². The summed E-state index contributed by atoms with van der Waals surface area (Å²) in [5.74, 6) is 0. The Kier molecular flexibility index (Phi) is 5.15. The SMILES string of the molecule is Cc1nn(C)cc1C=CCCNC(=O)OC(C)(C)C. The number of amides is 1. The molecule has 0 aliphatic rings. The number of nitrogens with one attached hydrogen (secondary N) is 1. The van der Waals surface area contributed by atoms with E-state index in [0.29, 0.717) is 6.54 Å². The van der Waals surface area contributed by atoms with E-state index in [4.69, 9.17) is 4.74 Å². The Balaban J connectivity index is 2.28. The van der Waals surface area contributed by atoms with Gasteiger partial charge in [0.1, 0.15) is 5.60 Å². The Labute approximate surface area is 114 Å². The van der Waals surface area contributed by atoms with Gasteiger partial charge in [0.25, 0.3) is 0 Å². The minimum Gasteiger partial charge on any atom is -0.444 e. The minimum atomic E-state index is -0.452. The lowest BCUT2D eigenvalue weighted by Crippen LogP contribution is -2.32.